The number of rotatable bonds is 5. The predicted molar refractivity (Wildman–Crippen MR) is 132 cm³/mol. The van der Waals surface area contributed by atoms with Crippen molar-refractivity contribution in [3.05, 3.63) is 76.1 Å². The Labute approximate surface area is 204 Å². The molecule has 2 atom stereocenters. The number of nitrogens with one attached hydrogen (secondary N) is 2. The minimum atomic E-state index is -0.340. The molecule has 0 amide bonds. The lowest BCUT2D eigenvalue weighted by atomic mass is 10.2. The molecule has 0 radical (unpaired) electrons. The maximum atomic E-state index is 13.4. The summed E-state index contributed by atoms with van der Waals surface area (Å²) < 4.78 is 20.0. The zero-order chi connectivity index (χ0) is 23.5. The third-order valence-electron chi connectivity index (χ3n) is 5.27. The molecule has 2 aromatic carbocycles. The van der Waals surface area contributed by atoms with E-state index in [2.05, 4.69) is 32.4 Å². The molecule has 1 fully saturated rings. The number of aliphatic hydroxyl groups excluding tert-OH is 1. The lowest BCUT2D eigenvalue weighted by molar-refractivity contribution is 0.195. The van der Waals surface area contributed by atoms with E-state index < -0.39 is 0 Å². The minimum Gasteiger partial charge on any atom is -0.487 e. The molecule has 1 aliphatic heterocycles. The molecule has 0 unspecified atom stereocenters. The number of aromatic nitrogens is 2. The second-order valence-corrected chi connectivity index (χ2v) is 9.32. The Kier molecular flexibility index (Phi) is 6.61. The van der Waals surface area contributed by atoms with E-state index in [1.807, 2.05) is 12.1 Å². The lowest BCUT2D eigenvalue weighted by Crippen LogP contribution is -2.19. The predicted octanol–water partition coefficient (Wildman–Crippen LogP) is 4.88. The van der Waals surface area contributed by atoms with Crippen LogP contribution in [0.1, 0.15) is 16.9 Å². The van der Waals surface area contributed by atoms with E-state index >= 15 is 0 Å². The standard InChI is InChI=1S/C25H20ClFN4O2S/c26-21-10-18(5-7-23(21)33-13-15-2-1-3-16(27)8-15)31-25-24-22(29-14-30-25)11-20(34-24)6-4-17-9-19(32)12-28-17/h1-3,5,7-8,10-11,14,17,19,28,32H,9,12-13H2,(H,29,30,31)/t17-,19+/m1/s1. The second-order valence-electron chi connectivity index (χ2n) is 7.86. The normalized spacial score (nSPS) is 17.4. The fourth-order valence-electron chi connectivity index (χ4n) is 3.61. The fourth-order valence-corrected chi connectivity index (χ4v) is 4.76. The molecule has 5 rings (SSSR count). The van der Waals surface area contributed by atoms with Crippen molar-refractivity contribution in [3.63, 3.8) is 0 Å². The Bertz CT molecular complexity index is 1400. The largest absolute Gasteiger partial charge is 0.487 e. The van der Waals surface area contributed by atoms with Crippen LogP contribution < -0.4 is 15.4 Å². The van der Waals surface area contributed by atoms with Gasteiger partial charge in [0.1, 0.15) is 24.5 Å². The van der Waals surface area contributed by atoms with Crippen molar-refractivity contribution in [1.29, 1.82) is 0 Å². The number of benzene rings is 2. The van der Waals surface area contributed by atoms with Crippen LogP contribution in [0.4, 0.5) is 15.9 Å². The summed E-state index contributed by atoms with van der Waals surface area (Å²) in [6.45, 7) is 0.785. The summed E-state index contributed by atoms with van der Waals surface area (Å²) in [5, 5.41) is 16.5. The van der Waals surface area contributed by atoms with Crippen LogP contribution in [0.5, 0.6) is 5.75 Å². The quantitative estimate of drug-likeness (QED) is 0.343. The lowest BCUT2D eigenvalue weighted by Gasteiger charge is -2.11. The van der Waals surface area contributed by atoms with E-state index in [1.165, 1.54) is 29.8 Å². The van der Waals surface area contributed by atoms with Gasteiger partial charge in [0, 0.05) is 18.7 Å². The van der Waals surface area contributed by atoms with Crippen molar-refractivity contribution in [2.75, 3.05) is 11.9 Å². The zero-order valence-corrected chi connectivity index (χ0v) is 19.5. The average Bonchev–Trinajstić information content (AvgIpc) is 3.43. The van der Waals surface area contributed by atoms with Gasteiger partial charge in [-0.1, -0.05) is 35.6 Å². The third kappa shape index (κ3) is 5.29. The topological polar surface area (TPSA) is 79.3 Å². The smallest absolute Gasteiger partial charge is 0.151 e. The average molecular weight is 495 g/mol. The summed E-state index contributed by atoms with van der Waals surface area (Å²) in [6, 6.07) is 13.5. The van der Waals surface area contributed by atoms with Gasteiger partial charge in [-0.3, -0.25) is 0 Å². The number of hydrogen-bond donors (Lipinski definition) is 3. The first-order valence-corrected chi connectivity index (χ1v) is 11.8. The molecule has 1 aliphatic rings. The number of aliphatic hydroxyl groups is 1. The van der Waals surface area contributed by atoms with Crippen LogP contribution >= 0.6 is 22.9 Å². The summed E-state index contributed by atoms with van der Waals surface area (Å²) in [5.74, 6) is 7.19. The SMILES string of the molecule is O[C@@H]1CN[C@H](C#Cc2cc3ncnc(Nc4ccc(OCc5cccc(F)c5)c(Cl)c4)c3s2)C1. The Hall–Kier alpha value is -3.22. The maximum absolute atomic E-state index is 13.4. The molecule has 0 saturated carbocycles. The number of thiophene rings is 1. The Morgan fingerprint density at radius 3 is 2.94 bits per heavy atom. The monoisotopic (exact) mass is 494 g/mol. The molecule has 4 aromatic rings. The Morgan fingerprint density at radius 2 is 2.15 bits per heavy atom. The van der Waals surface area contributed by atoms with Gasteiger partial charge in [-0.25, -0.2) is 14.4 Å². The molecule has 0 bridgehead atoms. The van der Waals surface area contributed by atoms with Crippen LogP contribution in [0.25, 0.3) is 10.2 Å². The van der Waals surface area contributed by atoms with E-state index in [-0.39, 0.29) is 24.6 Å². The molecular weight excluding hydrogens is 475 g/mol. The first kappa shape index (κ1) is 22.6. The molecule has 1 saturated heterocycles. The highest BCUT2D eigenvalue weighted by molar-refractivity contribution is 7.20. The highest BCUT2D eigenvalue weighted by atomic mass is 35.5. The van der Waals surface area contributed by atoms with Crippen LogP contribution in [-0.4, -0.2) is 33.8 Å². The number of halogens is 2. The summed E-state index contributed by atoms with van der Waals surface area (Å²) in [5.41, 5.74) is 2.26. The first-order chi connectivity index (χ1) is 16.5. The van der Waals surface area contributed by atoms with Gasteiger partial charge >= 0.3 is 0 Å². The first-order valence-electron chi connectivity index (χ1n) is 10.6. The molecule has 0 aliphatic carbocycles. The van der Waals surface area contributed by atoms with Crippen molar-refractivity contribution in [3.8, 4) is 17.6 Å². The molecule has 3 heterocycles. The molecule has 6 nitrogen and oxygen atoms in total. The van der Waals surface area contributed by atoms with Gasteiger partial charge in [0.05, 0.1) is 32.3 Å². The molecule has 172 valence electrons. The van der Waals surface area contributed by atoms with Crippen molar-refractivity contribution in [1.82, 2.24) is 15.3 Å². The summed E-state index contributed by atoms with van der Waals surface area (Å²) >= 11 is 7.92. The summed E-state index contributed by atoms with van der Waals surface area (Å²) in [6.07, 6.45) is 1.79. The number of nitrogens with zero attached hydrogens (tertiary/aromatic N) is 2. The van der Waals surface area contributed by atoms with Gasteiger partial charge in [0.15, 0.2) is 5.82 Å². The van der Waals surface area contributed by atoms with Gasteiger partial charge in [0.25, 0.3) is 0 Å². The van der Waals surface area contributed by atoms with Gasteiger partial charge in [-0.15, -0.1) is 11.3 Å². The summed E-state index contributed by atoms with van der Waals surface area (Å²) in [4.78, 5) is 9.61. The molecule has 9 heteroatoms. The van der Waals surface area contributed by atoms with E-state index in [4.69, 9.17) is 16.3 Å². The second kappa shape index (κ2) is 9.95. The van der Waals surface area contributed by atoms with E-state index in [0.29, 0.717) is 29.6 Å². The molecule has 3 N–H and O–H groups in total. The third-order valence-corrected chi connectivity index (χ3v) is 6.61. The Morgan fingerprint density at radius 1 is 1.24 bits per heavy atom. The Balaban J connectivity index is 1.30. The molecule has 2 aromatic heterocycles. The van der Waals surface area contributed by atoms with Crippen molar-refractivity contribution in [2.24, 2.45) is 0 Å². The van der Waals surface area contributed by atoms with Crippen molar-refractivity contribution < 1.29 is 14.2 Å². The van der Waals surface area contributed by atoms with Gasteiger partial charge in [0.2, 0.25) is 0 Å². The van der Waals surface area contributed by atoms with Gasteiger partial charge in [-0.05, 0) is 42.0 Å². The fraction of sp³-hybridized carbons (Fsp3) is 0.200. The van der Waals surface area contributed by atoms with E-state index in [9.17, 15) is 9.50 Å². The van der Waals surface area contributed by atoms with Crippen LogP contribution in [0.3, 0.4) is 0 Å². The van der Waals surface area contributed by atoms with Crippen LogP contribution in [-0.2, 0) is 6.61 Å². The number of anilines is 2. The molecule has 0 spiro atoms. The number of fused-ring (bicyclic) bond motifs is 1. The molecular formula is C25H20ClFN4O2S. The summed E-state index contributed by atoms with van der Waals surface area (Å²) in [7, 11) is 0. The van der Waals surface area contributed by atoms with Gasteiger partial charge in [-0.2, -0.15) is 0 Å². The van der Waals surface area contributed by atoms with Crippen LogP contribution in [0, 0.1) is 17.7 Å². The van der Waals surface area contributed by atoms with Crippen molar-refractivity contribution in [2.45, 2.75) is 25.2 Å². The minimum absolute atomic E-state index is 0.00678. The van der Waals surface area contributed by atoms with E-state index in [0.717, 1.165) is 26.3 Å². The number of hydrogen-bond acceptors (Lipinski definition) is 7. The van der Waals surface area contributed by atoms with Crippen molar-refractivity contribution >= 4 is 44.7 Å². The van der Waals surface area contributed by atoms with Crippen LogP contribution in [0.2, 0.25) is 5.02 Å². The maximum Gasteiger partial charge on any atom is 0.151 e. The van der Waals surface area contributed by atoms with Gasteiger partial charge < -0.3 is 20.5 Å². The highest BCUT2D eigenvalue weighted by Crippen LogP contribution is 2.33. The molecule has 34 heavy (non-hydrogen) atoms. The van der Waals surface area contributed by atoms with E-state index in [1.54, 1.807) is 24.3 Å². The number of β-amino-alcohol motifs (C(OH)–C–C–N with tert-alkyl or cyclic N) is 1. The zero-order valence-electron chi connectivity index (χ0n) is 17.9. The highest BCUT2D eigenvalue weighted by Gasteiger charge is 2.19. The number of ether oxygens (including phenoxy) is 1. The van der Waals surface area contributed by atoms with Crippen LogP contribution in [0.15, 0.2) is 54.9 Å².